The lowest BCUT2D eigenvalue weighted by Gasteiger charge is -2.25. The van der Waals surface area contributed by atoms with Crippen molar-refractivity contribution in [3.63, 3.8) is 0 Å². The van der Waals surface area contributed by atoms with Crippen LogP contribution in [0.25, 0.3) is 11.3 Å². The molecule has 0 bridgehead atoms. The third kappa shape index (κ3) is 6.48. The Labute approximate surface area is 214 Å². The predicted octanol–water partition coefficient (Wildman–Crippen LogP) is 2.48. The molecule has 1 aliphatic rings. The summed E-state index contributed by atoms with van der Waals surface area (Å²) in [5.41, 5.74) is 6.87. The molecule has 3 heterocycles. The standard InChI is InChI=1S/C26H31F2N7O2/c1-34-16-18(14-32-34)24-22(28)13-21(25(33-24)30-10-8-17-4-2-5-19(27)12-17)26(37)31-15-20-6-3-11-35(20)23(36)7-9-29/h2,4-5,12-14,16,20H,3,6-11,15,29H2,1H3,(H,30,33)(H,31,37)/t20-/m1/s1. The van der Waals surface area contributed by atoms with E-state index >= 15 is 4.39 Å². The van der Waals surface area contributed by atoms with Gasteiger partial charge in [0.1, 0.15) is 17.3 Å². The van der Waals surface area contributed by atoms with Crippen LogP contribution in [-0.4, -0.2) is 63.7 Å². The van der Waals surface area contributed by atoms with E-state index in [0.29, 0.717) is 25.1 Å². The number of aryl methyl sites for hydroxylation is 1. The molecule has 0 unspecified atom stereocenters. The Bertz CT molecular complexity index is 1260. The van der Waals surface area contributed by atoms with Crippen LogP contribution in [-0.2, 0) is 18.3 Å². The number of hydrogen-bond acceptors (Lipinski definition) is 6. The van der Waals surface area contributed by atoms with Gasteiger partial charge in [0.15, 0.2) is 5.82 Å². The molecule has 0 saturated carbocycles. The molecular formula is C26H31F2N7O2. The minimum atomic E-state index is -0.658. The molecule has 1 aromatic carbocycles. The summed E-state index contributed by atoms with van der Waals surface area (Å²) in [6.45, 7) is 1.48. The van der Waals surface area contributed by atoms with Crippen molar-refractivity contribution in [3.05, 3.63) is 65.5 Å². The van der Waals surface area contributed by atoms with Crippen LogP contribution >= 0.6 is 0 Å². The first-order valence-electron chi connectivity index (χ1n) is 12.3. The van der Waals surface area contributed by atoms with Gasteiger partial charge in [-0.15, -0.1) is 0 Å². The molecule has 0 radical (unpaired) electrons. The van der Waals surface area contributed by atoms with Crippen LogP contribution in [0.5, 0.6) is 0 Å². The highest BCUT2D eigenvalue weighted by Crippen LogP contribution is 2.26. The van der Waals surface area contributed by atoms with Gasteiger partial charge >= 0.3 is 0 Å². The molecule has 4 rings (SSSR count). The van der Waals surface area contributed by atoms with E-state index in [1.165, 1.54) is 23.0 Å². The number of carbonyl (C=O) groups excluding carboxylic acids is 2. The second-order valence-corrected chi connectivity index (χ2v) is 9.06. The van der Waals surface area contributed by atoms with Gasteiger partial charge in [-0.25, -0.2) is 13.8 Å². The zero-order valence-corrected chi connectivity index (χ0v) is 20.7. The number of carbonyl (C=O) groups is 2. The van der Waals surface area contributed by atoms with Crippen molar-refractivity contribution in [2.45, 2.75) is 31.7 Å². The molecule has 1 aliphatic heterocycles. The van der Waals surface area contributed by atoms with Crippen molar-refractivity contribution in [2.24, 2.45) is 12.8 Å². The third-order valence-electron chi connectivity index (χ3n) is 6.35. The molecule has 1 atom stereocenters. The number of amides is 2. The van der Waals surface area contributed by atoms with Crippen LogP contribution in [0.2, 0.25) is 0 Å². The number of halogens is 2. The molecular weight excluding hydrogens is 480 g/mol. The van der Waals surface area contributed by atoms with Gasteiger partial charge < -0.3 is 21.3 Å². The molecule has 2 aromatic heterocycles. The first-order chi connectivity index (χ1) is 17.9. The summed E-state index contributed by atoms with van der Waals surface area (Å²) < 4.78 is 30.2. The van der Waals surface area contributed by atoms with E-state index in [-0.39, 0.29) is 54.4 Å². The molecule has 1 fully saturated rings. The molecule has 2 amide bonds. The van der Waals surface area contributed by atoms with Crippen LogP contribution in [0, 0.1) is 11.6 Å². The highest BCUT2D eigenvalue weighted by atomic mass is 19.1. The van der Waals surface area contributed by atoms with Gasteiger partial charge in [0.05, 0.1) is 11.8 Å². The first-order valence-corrected chi connectivity index (χ1v) is 12.3. The molecule has 37 heavy (non-hydrogen) atoms. The Morgan fingerprint density at radius 2 is 2.08 bits per heavy atom. The molecule has 3 aromatic rings. The normalized spacial score (nSPS) is 15.1. The summed E-state index contributed by atoms with van der Waals surface area (Å²) in [6, 6.07) is 7.26. The summed E-state index contributed by atoms with van der Waals surface area (Å²) in [4.78, 5) is 31.7. The number of nitrogens with two attached hydrogens (primary N) is 1. The lowest BCUT2D eigenvalue weighted by atomic mass is 10.1. The number of pyridine rings is 1. The average molecular weight is 512 g/mol. The van der Waals surface area contributed by atoms with Gasteiger partial charge in [0.2, 0.25) is 5.91 Å². The number of anilines is 1. The number of hydrogen-bond donors (Lipinski definition) is 3. The third-order valence-corrected chi connectivity index (χ3v) is 6.35. The monoisotopic (exact) mass is 511 g/mol. The van der Waals surface area contributed by atoms with Gasteiger partial charge in [0, 0.05) is 57.4 Å². The van der Waals surface area contributed by atoms with Crippen LogP contribution in [0.15, 0.2) is 42.7 Å². The lowest BCUT2D eigenvalue weighted by molar-refractivity contribution is -0.131. The Morgan fingerprint density at radius 1 is 1.24 bits per heavy atom. The van der Waals surface area contributed by atoms with Crippen molar-refractivity contribution >= 4 is 17.6 Å². The predicted molar refractivity (Wildman–Crippen MR) is 136 cm³/mol. The topological polar surface area (TPSA) is 118 Å². The summed E-state index contributed by atoms with van der Waals surface area (Å²) >= 11 is 0. The van der Waals surface area contributed by atoms with E-state index in [2.05, 4.69) is 20.7 Å². The average Bonchev–Trinajstić information content (AvgIpc) is 3.52. The molecule has 1 saturated heterocycles. The maximum Gasteiger partial charge on any atom is 0.255 e. The van der Waals surface area contributed by atoms with Gasteiger partial charge in [-0.1, -0.05) is 12.1 Å². The number of nitrogens with one attached hydrogen (secondary N) is 2. The van der Waals surface area contributed by atoms with Gasteiger partial charge in [-0.2, -0.15) is 5.10 Å². The zero-order chi connectivity index (χ0) is 26.4. The van der Waals surface area contributed by atoms with E-state index in [4.69, 9.17) is 5.73 Å². The van der Waals surface area contributed by atoms with E-state index in [1.54, 1.807) is 30.3 Å². The highest BCUT2D eigenvalue weighted by molar-refractivity contribution is 5.99. The Balaban J connectivity index is 1.52. The Morgan fingerprint density at radius 3 is 2.81 bits per heavy atom. The minimum Gasteiger partial charge on any atom is -0.369 e. The zero-order valence-electron chi connectivity index (χ0n) is 20.7. The fraction of sp³-hybridized carbons (Fsp3) is 0.385. The van der Waals surface area contributed by atoms with Crippen molar-refractivity contribution in [2.75, 3.05) is 31.5 Å². The number of likely N-dealkylation sites (tertiary alicyclic amines) is 1. The van der Waals surface area contributed by atoms with Crippen molar-refractivity contribution in [3.8, 4) is 11.3 Å². The largest absolute Gasteiger partial charge is 0.369 e. The van der Waals surface area contributed by atoms with Gasteiger partial charge in [0.25, 0.3) is 5.91 Å². The number of rotatable bonds is 10. The van der Waals surface area contributed by atoms with Crippen LogP contribution in [0.1, 0.15) is 35.2 Å². The second-order valence-electron chi connectivity index (χ2n) is 9.06. The van der Waals surface area contributed by atoms with E-state index in [1.807, 2.05) is 0 Å². The van der Waals surface area contributed by atoms with Crippen LogP contribution < -0.4 is 16.4 Å². The van der Waals surface area contributed by atoms with Crippen molar-refractivity contribution < 1.29 is 18.4 Å². The smallest absolute Gasteiger partial charge is 0.255 e. The fourth-order valence-corrected chi connectivity index (χ4v) is 4.51. The van der Waals surface area contributed by atoms with Crippen molar-refractivity contribution in [1.29, 1.82) is 0 Å². The number of nitrogens with zero attached hydrogens (tertiary/aromatic N) is 4. The molecule has 9 nitrogen and oxygen atoms in total. The summed E-state index contributed by atoms with van der Waals surface area (Å²) in [6.07, 6.45) is 5.47. The van der Waals surface area contributed by atoms with Gasteiger partial charge in [-0.3, -0.25) is 14.3 Å². The summed E-state index contributed by atoms with van der Waals surface area (Å²) in [7, 11) is 1.71. The highest BCUT2D eigenvalue weighted by Gasteiger charge is 2.29. The van der Waals surface area contributed by atoms with E-state index < -0.39 is 11.7 Å². The SMILES string of the molecule is Cn1cc(-c2nc(NCCc3cccc(F)c3)c(C(=O)NC[C@H]3CCCN3C(=O)CCN)cc2F)cn1. The molecule has 0 aliphatic carbocycles. The molecule has 11 heteroatoms. The van der Waals surface area contributed by atoms with Crippen LogP contribution in [0.3, 0.4) is 0 Å². The van der Waals surface area contributed by atoms with Gasteiger partial charge in [-0.05, 0) is 43.0 Å². The van der Waals surface area contributed by atoms with Crippen LogP contribution in [0.4, 0.5) is 14.6 Å². The Hall–Kier alpha value is -3.86. The maximum atomic E-state index is 15.1. The molecule has 0 spiro atoms. The van der Waals surface area contributed by atoms with Crippen molar-refractivity contribution in [1.82, 2.24) is 25.0 Å². The fourth-order valence-electron chi connectivity index (χ4n) is 4.51. The second kappa shape index (κ2) is 11.9. The van der Waals surface area contributed by atoms with E-state index in [9.17, 15) is 14.0 Å². The summed E-state index contributed by atoms with van der Waals surface area (Å²) in [5.74, 6) is -1.32. The molecule has 196 valence electrons. The molecule has 4 N–H and O–H groups in total. The quantitative estimate of drug-likeness (QED) is 0.385. The Kier molecular flexibility index (Phi) is 8.44. The number of benzene rings is 1. The number of aromatic nitrogens is 3. The lowest BCUT2D eigenvalue weighted by Crippen LogP contribution is -2.43. The maximum absolute atomic E-state index is 15.1. The minimum absolute atomic E-state index is 0.0347. The van der Waals surface area contributed by atoms with E-state index in [0.717, 1.165) is 24.5 Å². The summed E-state index contributed by atoms with van der Waals surface area (Å²) in [5, 5.41) is 10.0. The first kappa shape index (κ1) is 26.2.